The second-order valence-corrected chi connectivity index (χ2v) is 7.64. The molecule has 2 fully saturated rings. The summed E-state index contributed by atoms with van der Waals surface area (Å²) in [4.78, 5) is 24.5. The standard InChI is InChI=1S/C20H21N3O2S/c1-14-9-10-17(25-14)12-18-19(24)23(16-7-3-2-4-8-16)20(26-18)22-15-6-5-11-21-13-15/h5-6,9-13,16H,2-4,7-8H2,1H3/b18-12+,22-20?. The maximum Gasteiger partial charge on any atom is 0.267 e. The molecule has 0 aromatic carbocycles. The van der Waals surface area contributed by atoms with Crippen molar-refractivity contribution in [1.29, 1.82) is 0 Å². The highest BCUT2D eigenvalue weighted by Crippen LogP contribution is 2.38. The normalized spacial score (nSPS) is 21.9. The minimum atomic E-state index is 0.0265. The maximum atomic E-state index is 13.1. The van der Waals surface area contributed by atoms with E-state index in [0.29, 0.717) is 10.7 Å². The first-order chi connectivity index (χ1) is 12.7. The summed E-state index contributed by atoms with van der Waals surface area (Å²) in [7, 11) is 0. The second-order valence-electron chi connectivity index (χ2n) is 6.63. The van der Waals surface area contributed by atoms with E-state index in [2.05, 4.69) is 4.98 Å². The molecule has 0 atom stereocenters. The highest BCUT2D eigenvalue weighted by atomic mass is 32.2. The number of nitrogens with zero attached hydrogens (tertiary/aromatic N) is 3. The Morgan fingerprint density at radius 1 is 1.27 bits per heavy atom. The van der Waals surface area contributed by atoms with Gasteiger partial charge in [-0.15, -0.1) is 0 Å². The van der Waals surface area contributed by atoms with Crippen LogP contribution in [-0.2, 0) is 4.79 Å². The molecule has 0 bridgehead atoms. The van der Waals surface area contributed by atoms with Crippen molar-refractivity contribution in [3.8, 4) is 0 Å². The van der Waals surface area contributed by atoms with Crippen LogP contribution in [0.15, 0.2) is 51.0 Å². The van der Waals surface area contributed by atoms with Crippen molar-refractivity contribution in [2.45, 2.75) is 45.1 Å². The van der Waals surface area contributed by atoms with Crippen molar-refractivity contribution in [1.82, 2.24) is 9.88 Å². The smallest absolute Gasteiger partial charge is 0.267 e. The molecule has 1 amide bonds. The first-order valence-corrected chi connectivity index (χ1v) is 9.80. The molecule has 4 rings (SSSR count). The highest BCUT2D eigenvalue weighted by Gasteiger charge is 2.38. The first kappa shape index (κ1) is 17.1. The summed E-state index contributed by atoms with van der Waals surface area (Å²) in [6, 6.07) is 7.77. The van der Waals surface area contributed by atoms with Crippen LogP contribution in [-0.4, -0.2) is 27.0 Å². The molecule has 1 saturated carbocycles. The van der Waals surface area contributed by atoms with Crippen LogP contribution in [0.3, 0.4) is 0 Å². The average Bonchev–Trinajstić information content (AvgIpc) is 3.20. The van der Waals surface area contributed by atoms with Gasteiger partial charge in [0.1, 0.15) is 11.5 Å². The number of hydrogen-bond donors (Lipinski definition) is 0. The Morgan fingerprint density at radius 2 is 2.12 bits per heavy atom. The Labute approximate surface area is 157 Å². The summed E-state index contributed by atoms with van der Waals surface area (Å²) in [5.41, 5.74) is 0.763. The van der Waals surface area contributed by atoms with Gasteiger partial charge >= 0.3 is 0 Å². The van der Waals surface area contributed by atoms with Gasteiger partial charge in [-0.2, -0.15) is 0 Å². The maximum absolute atomic E-state index is 13.1. The molecule has 5 nitrogen and oxygen atoms in total. The van der Waals surface area contributed by atoms with Crippen molar-refractivity contribution < 1.29 is 9.21 Å². The number of rotatable bonds is 3. The first-order valence-electron chi connectivity index (χ1n) is 8.99. The monoisotopic (exact) mass is 367 g/mol. The minimum Gasteiger partial charge on any atom is -0.462 e. The molecule has 1 aliphatic heterocycles. The number of amidine groups is 1. The lowest BCUT2D eigenvalue weighted by atomic mass is 9.94. The Morgan fingerprint density at radius 3 is 2.81 bits per heavy atom. The third kappa shape index (κ3) is 3.60. The molecule has 0 N–H and O–H groups in total. The third-order valence-electron chi connectivity index (χ3n) is 4.68. The second kappa shape index (κ2) is 7.50. The SMILES string of the molecule is Cc1ccc(/C=C2/SC(=Nc3cccnc3)N(C3CCCCC3)C2=O)o1. The van der Waals surface area contributed by atoms with Crippen LogP contribution in [0, 0.1) is 6.92 Å². The summed E-state index contributed by atoms with van der Waals surface area (Å²) in [5.74, 6) is 1.56. The quantitative estimate of drug-likeness (QED) is 0.723. The van der Waals surface area contributed by atoms with E-state index in [1.165, 1.54) is 18.2 Å². The Bertz CT molecular complexity index is 851. The number of hydrogen-bond acceptors (Lipinski definition) is 5. The number of thioether (sulfide) groups is 1. The number of aryl methyl sites for hydroxylation is 1. The van der Waals surface area contributed by atoms with Crippen LogP contribution in [0.5, 0.6) is 0 Å². The van der Waals surface area contributed by atoms with E-state index >= 15 is 0 Å². The van der Waals surface area contributed by atoms with Crippen molar-refractivity contribution >= 4 is 34.6 Å². The summed E-state index contributed by atoms with van der Waals surface area (Å²) in [5, 5.41) is 0.740. The summed E-state index contributed by atoms with van der Waals surface area (Å²) in [6.45, 7) is 1.90. The molecule has 0 spiro atoms. The van der Waals surface area contributed by atoms with Gasteiger partial charge in [0.2, 0.25) is 0 Å². The number of pyridine rings is 1. The highest BCUT2D eigenvalue weighted by molar-refractivity contribution is 8.18. The van der Waals surface area contributed by atoms with Gasteiger partial charge in [-0.05, 0) is 55.8 Å². The number of furan rings is 1. The van der Waals surface area contributed by atoms with Gasteiger partial charge in [0.15, 0.2) is 5.17 Å². The Hall–Kier alpha value is -2.34. The van der Waals surface area contributed by atoms with Crippen LogP contribution >= 0.6 is 11.8 Å². The fraction of sp³-hybridized carbons (Fsp3) is 0.350. The van der Waals surface area contributed by atoms with Crippen molar-refractivity contribution in [2.24, 2.45) is 4.99 Å². The molecule has 2 aromatic rings. The van der Waals surface area contributed by atoms with E-state index < -0.39 is 0 Å². The van der Waals surface area contributed by atoms with E-state index in [1.54, 1.807) is 12.4 Å². The minimum absolute atomic E-state index is 0.0265. The molecule has 0 radical (unpaired) electrons. The Kier molecular flexibility index (Phi) is 4.93. The Balaban J connectivity index is 1.69. The zero-order valence-corrected chi connectivity index (χ0v) is 15.5. The predicted octanol–water partition coefficient (Wildman–Crippen LogP) is 4.92. The van der Waals surface area contributed by atoms with Crippen LogP contribution in [0.2, 0.25) is 0 Å². The zero-order chi connectivity index (χ0) is 17.9. The molecule has 1 aliphatic carbocycles. The topological polar surface area (TPSA) is 58.7 Å². The lowest BCUT2D eigenvalue weighted by molar-refractivity contribution is -0.124. The molecule has 6 heteroatoms. The number of carbonyl (C=O) groups is 1. The molecule has 26 heavy (non-hydrogen) atoms. The molecular weight excluding hydrogens is 346 g/mol. The van der Waals surface area contributed by atoms with Crippen LogP contribution in [0.4, 0.5) is 5.69 Å². The van der Waals surface area contributed by atoms with Gasteiger partial charge < -0.3 is 4.42 Å². The van der Waals surface area contributed by atoms with Crippen molar-refractivity contribution in [3.05, 3.63) is 53.1 Å². The van der Waals surface area contributed by atoms with E-state index in [0.717, 1.165) is 42.3 Å². The number of aliphatic imine (C=N–C) groups is 1. The van der Waals surface area contributed by atoms with Gasteiger partial charge in [0.05, 0.1) is 16.8 Å². The predicted molar refractivity (Wildman–Crippen MR) is 104 cm³/mol. The van der Waals surface area contributed by atoms with E-state index in [1.807, 2.05) is 42.2 Å². The molecule has 2 aliphatic rings. The van der Waals surface area contributed by atoms with E-state index in [4.69, 9.17) is 9.41 Å². The lowest BCUT2D eigenvalue weighted by Gasteiger charge is -2.30. The summed E-state index contributed by atoms with van der Waals surface area (Å²) in [6.07, 6.45) is 10.9. The third-order valence-corrected chi connectivity index (χ3v) is 5.66. The van der Waals surface area contributed by atoms with Gasteiger partial charge in [0.25, 0.3) is 5.91 Å². The van der Waals surface area contributed by atoms with Gasteiger partial charge in [0, 0.05) is 18.3 Å². The number of aromatic nitrogens is 1. The average molecular weight is 367 g/mol. The van der Waals surface area contributed by atoms with E-state index in [9.17, 15) is 4.79 Å². The van der Waals surface area contributed by atoms with Gasteiger partial charge in [-0.25, -0.2) is 4.99 Å². The molecule has 3 heterocycles. The van der Waals surface area contributed by atoms with Crippen molar-refractivity contribution in [2.75, 3.05) is 0 Å². The fourth-order valence-corrected chi connectivity index (χ4v) is 4.46. The van der Waals surface area contributed by atoms with Crippen LogP contribution in [0.25, 0.3) is 6.08 Å². The van der Waals surface area contributed by atoms with Crippen molar-refractivity contribution in [3.63, 3.8) is 0 Å². The molecule has 0 unspecified atom stereocenters. The summed E-state index contributed by atoms with van der Waals surface area (Å²) >= 11 is 1.42. The number of carbonyl (C=O) groups excluding carboxylic acids is 1. The largest absolute Gasteiger partial charge is 0.462 e. The molecular formula is C20H21N3O2S. The van der Waals surface area contributed by atoms with Crippen LogP contribution in [0.1, 0.15) is 43.6 Å². The van der Waals surface area contributed by atoms with Gasteiger partial charge in [-0.1, -0.05) is 19.3 Å². The van der Waals surface area contributed by atoms with Gasteiger partial charge in [-0.3, -0.25) is 14.7 Å². The molecule has 134 valence electrons. The molecule has 1 saturated heterocycles. The van der Waals surface area contributed by atoms with E-state index in [-0.39, 0.29) is 11.9 Å². The lowest BCUT2D eigenvalue weighted by Crippen LogP contribution is -2.40. The number of amides is 1. The fourth-order valence-electron chi connectivity index (χ4n) is 3.42. The molecule has 2 aromatic heterocycles. The zero-order valence-electron chi connectivity index (χ0n) is 14.7. The van der Waals surface area contributed by atoms with Crippen LogP contribution < -0.4 is 0 Å². The summed E-state index contributed by atoms with van der Waals surface area (Å²) < 4.78 is 5.62.